The maximum atomic E-state index is 12.7. The number of nitrogens with zero attached hydrogens (tertiary/aromatic N) is 1. The fourth-order valence-electron chi connectivity index (χ4n) is 1.76. The van der Waals surface area contributed by atoms with Crippen molar-refractivity contribution in [2.75, 3.05) is 7.05 Å². The monoisotopic (exact) mass is 236 g/mol. The first-order chi connectivity index (χ1) is 8.08. The number of likely N-dealkylation sites (tertiary alicyclic amines) is 1. The van der Waals surface area contributed by atoms with Crippen molar-refractivity contribution in [3.05, 3.63) is 35.6 Å². The zero-order chi connectivity index (χ0) is 12.4. The van der Waals surface area contributed by atoms with E-state index in [0.717, 1.165) is 10.5 Å². The minimum atomic E-state index is -0.461. The first-order valence-electron chi connectivity index (χ1n) is 5.36. The van der Waals surface area contributed by atoms with Crippen LogP contribution in [0.4, 0.5) is 4.39 Å². The lowest BCUT2D eigenvalue weighted by atomic mass is 10.2. The Morgan fingerprint density at radius 1 is 1.35 bits per heavy atom. The van der Waals surface area contributed by atoms with Crippen molar-refractivity contribution in [2.45, 2.75) is 19.0 Å². The molecule has 1 heterocycles. The van der Waals surface area contributed by atoms with Gasteiger partial charge in [-0.3, -0.25) is 14.5 Å². The summed E-state index contributed by atoms with van der Waals surface area (Å²) >= 11 is 0. The van der Waals surface area contributed by atoms with Crippen molar-refractivity contribution in [2.24, 2.45) is 0 Å². The number of nitrogens with one attached hydrogen (secondary N) is 1. The van der Waals surface area contributed by atoms with Gasteiger partial charge < -0.3 is 5.32 Å². The number of halogens is 1. The molecule has 0 bridgehead atoms. The van der Waals surface area contributed by atoms with Crippen LogP contribution in [0.3, 0.4) is 0 Å². The molecule has 1 N–H and O–H groups in total. The van der Waals surface area contributed by atoms with Gasteiger partial charge in [0.25, 0.3) is 0 Å². The van der Waals surface area contributed by atoms with Crippen LogP contribution in [0.5, 0.6) is 0 Å². The van der Waals surface area contributed by atoms with E-state index in [9.17, 15) is 14.0 Å². The quantitative estimate of drug-likeness (QED) is 0.785. The van der Waals surface area contributed by atoms with Gasteiger partial charge in [0, 0.05) is 13.6 Å². The molecule has 0 aromatic heterocycles. The Bertz CT molecular complexity index is 444. The molecule has 4 nitrogen and oxygen atoms in total. The lowest BCUT2D eigenvalue weighted by Gasteiger charge is -2.10. The van der Waals surface area contributed by atoms with Gasteiger partial charge in [-0.15, -0.1) is 0 Å². The highest BCUT2D eigenvalue weighted by Gasteiger charge is 2.35. The minimum absolute atomic E-state index is 0.174. The number of carbonyl (C=O) groups excluding carboxylic acids is 2. The molecule has 1 aliphatic rings. The van der Waals surface area contributed by atoms with E-state index >= 15 is 0 Å². The van der Waals surface area contributed by atoms with E-state index < -0.39 is 6.04 Å². The molecule has 1 saturated heterocycles. The molecule has 0 saturated carbocycles. The fourth-order valence-corrected chi connectivity index (χ4v) is 1.76. The van der Waals surface area contributed by atoms with Crippen molar-refractivity contribution < 1.29 is 14.0 Å². The number of benzene rings is 1. The molecule has 0 spiro atoms. The zero-order valence-corrected chi connectivity index (χ0v) is 9.44. The van der Waals surface area contributed by atoms with Crippen LogP contribution in [0, 0.1) is 5.82 Å². The highest BCUT2D eigenvalue weighted by atomic mass is 19.1. The molecule has 1 aromatic rings. The normalized spacial score (nSPS) is 20.1. The summed E-state index contributed by atoms with van der Waals surface area (Å²) in [5, 5.41) is 2.99. The van der Waals surface area contributed by atoms with Crippen molar-refractivity contribution in [1.29, 1.82) is 0 Å². The molecule has 1 aliphatic heterocycles. The largest absolute Gasteiger partial charge is 0.301 e. The minimum Gasteiger partial charge on any atom is -0.301 e. The van der Waals surface area contributed by atoms with Gasteiger partial charge in [-0.05, 0) is 17.7 Å². The van der Waals surface area contributed by atoms with E-state index in [1.807, 2.05) is 0 Å². The van der Waals surface area contributed by atoms with E-state index in [2.05, 4.69) is 5.32 Å². The molecule has 1 aromatic carbocycles. The molecular formula is C12H13FN2O2. The Morgan fingerprint density at radius 2 is 2.00 bits per heavy atom. The van der Waals surface area contributed by atoms with Gasteiger partial charge >= 0.3 is 0 Å². The smallest absolute Gasteiger partial charge is 0.246 e. The van der Waals surface area contributed by atoms with Crippen molar-refractivity contribution >= 4 is 11.8 Å². The highest BCUT2D eigenvalue weighted by molar-refractivity contribution is 6.05. The molecule has 5 heteroatoms. The Hall–Kier alpha value is -1.75. The van der Waals surface area contributed by atoms with Crippen molar-refractivity contribution in [3.63, 3.8) is 0 Å². The van der Waals surface area contributed by atoms with E-state index in [-0.39, 0.29) is 24.1 Å². The van der Waals surface area contributed by atoms with Crippen LogP contribution in [-0.2, 0) is 16.1 Å². The summed E-state index contributed by atoms with van der Waals surface area (Å²) in [4.78, 5) is 24.0. The second kappa shape index (κ2) is 4.63. The summed E-state index contributed by atoms with van der Waals surface area (Å²) in [6.07, 6.45) is 0.191. The van der Waals surface area contributed by atoms with E-state index in [1.54, 1.807) is 12.1 Å². The van der Waals surface area contributed by atoms with Crippen LogP contribution in [0.1, 0.15) is 12.0 Å². The van der Waals surface area contributed by atoms with Crippen LogP contribution in [0.15, 0.2) is 24.3 Å². The number of likely N-dealkylation sites (N-methyl/N-ethyl adjacent to an activating group) is 1. The average molecular weight is 236 g/mol. The zero-order valence-electron chi connectivity index (χ0n) is 9.44. The van der Waals surface area contributed by atoms with Crippen molar-refractivity contribution in [1.82, 2.24) is 10.2 Å². The Labute approximate surface area is 98.4 Å². The summed E-state index contributed by atoms with van der Waals surface area (Å²) < 4.78 is 12.7. The molecule has 2 rings (SSSR count). The molecule has 0 aliphatic carbocycles. The van der Waals surface area contributed by atoms with Gasteiger partial charge in [0.2, 0.25) is 11.8 Å². The molecule has 90 valence electrons. The van der Waals surface area contributed by atoms with Gasteiger partial charge in [-0.25, -0.2) is 4.39 Å². The first-order valence-corrected chi connectivity index (χ1v) is 5.36. The summed E-state index contributed by atoms with van der Waals surface area (Å²) in [6.45, 7) is 0.442. The maximum absolute atomic E-state index is 12.7. The topological polar surface area (TPSA) is 49.4 Å². The van der Waals surface area contributed by atoms with Crippen LogP contribution in [-0.4, -0.2) is 29.8 Å². The molecule has 1 atom stereocenters. The van der Waals surface area contributed by atoms with Crippen LogP contribution in [0.25, 0.3) is 0 Å². The van der Waals surface area contributed by atoms with Crippen LogP contribution >= 0.6 is 0 Å². The van der Waals surface area contributed by atoms with Gasteiger partial charge in [0.05, 0.1) is 12.5 Å². The average Bonchev–Trinajstić information content (AvgIpc) is 2.56. The van der Waals surface area contributed by atoms with Crippen LogP contribution in [0.2, 0.25) is 0 Å². The number of rotatable bonds is 3. The SMILES string of the molecule is CN1C(=O)CC(NCc2ccc(F)cc2)C1=O. The molecule has 1 unspecified atom stereocenters. The Balaban J connectivity index is 1.93. The highest BCUT2D eigenvalue weighted by Crippen LogP contribution is 2.11. The van der Waals surface area contributed by atoms with E-state index in [1.165, 1.54) is 19.2 Å². The summed E-state index contributed by atoms with van der Waals surface area (Å²) in [5.74, 6) is -0.677. The van der Waals surface area contributed by atoms with Gasteiger partial charge in [-0.2, -0.15) is 0 Å². The van der Waals surface area contributed by atoms with Gasteiger partial charge in [-0.1, -0.05) is 12.1 Å². The second-order valence-electron chi connectivity index (χ2n) is 4.06. The standard InChI is InChI=1S/C12H13FN2O2/c1-15-11(16)6-10(12(15)17)14-7-8-2-4-9(13)5-3-8/h2-5,10,14H,6-7H2,1H3. The van der Waals surface area contributed by atoms with E-state index in [4.69, 9.17) is 0 Å². The van der Waals surface area contributed by atoms with Gasteiger partial charge in [0.15, 0.2) is 0 Å². The molecule has 2 amide bonds. The fraction of sp³-hybridized carbons (Fsp3) is 0.333. The number of imide groups is 1. The van der Waals surface area contributed by atoms with Crippen LogP contribution < -0.4 is 5.32 Å². The lowest BCUT2D eigenvalue weighted by Crippen LogP contribution is -2.36. The predicted molar refractivity (Wildman–Crippen MR) is 59.4 cm³/mol. The molecule has 17 heavy (non-hydrogen) atoms. The van der Waals surface area contributed by atoms with Crippen molar-refractivity contribution in [3.8, 4) is 0 Å². The third-order valence-electron chi connectivity index (χ3n) is 2.85. The third kappa shape index (κ3) is 2.50. The molecule has 0 radical (unpaired) electrons. The molecule has 1 fully saturated rings. The number of hydrogen-bond acceptors (Lipinski definition) is 3. The summed E-state index contributed by atoms with van der Waals surface area (Å²) in [5.41, 5.74) is 0.876. The van der Waals surface area contributed by atoms with Gasteiger partial charge in [0.1, 0.15) is 5.82 Å². The number of hydrogen-bond donors (Lipinski definition) is 1. The molecular weight excluding hydrogens is 223 g/mol. The summed E-state index contributed by atoms with van der Waals surface area (Å²) in [6, 6.07) is 5.56. The number of amides is 2. The van der Waals surface area contributed by atoms with E-state index in [0.29, 0.717) is 6.54 Å². The summed E-state index contributed by atoms with van der Waals surface area (Å²) in [7, 11) is 1.48. The number of carbonyl (C=O) groups is 2. The third-order valence-corrected chi connectivity index (χ3v) is 2.85. The second-order valence-corrected chi connectivity index (χ2v) is 4.06. The maximum Gasteiger partial charge on any atom is 0.246 e. The first kappa shape index (κ1) is 11.7. The Kier molecular flexibility index (Phi) is 3.19. The predicted octanol–water partition coefficient (Wildman–Crippen LogP) is 0.673. The Morgan fingerprint density at radius 3 is 2.53 bits per heavy atom. The lowest BCUT2D eigenvalue weighted by molar-refractivity contribution is -0.137.